The molecule has 0 bridgehead atoms. The molecule has 0 radical (unpaired) electrons. The molecule has 2 fully saturated rings. The van der Waals surface area contributed by atoms with Crippen LogP contribution in [0.4, 0.5) is 5.69 Å². The van der Waals surface area contributed by atoms with Gasteiger partial charge in [-0.05, 0) is 49.6 Å². The number of likely N-dealkylation sites (tertiary alicyclic amines) is 1. The number of esters is 1. The van der Waals surface area contributed by atoms with E-state index in [2.05, 4.69) is 0 Å². The van der Waals surface area contributed by atoms with E-state index < -0.39 is 53.6 Å². The number of nitrogens with zero attached hydrogens (tertiary/aromatic N) is 2. The van der Waals surface area contributed by atoms with Gasteiger partial charge in [0.25, 0.3) is 5.91 Å². The first-order valence-corrected chi connectivity index (χ1v) is 13.3. The van der Waals surface area contributed by atoms with E-state index in [-0.39, 0.29) is 19.1 Å². The van der Waals surface area contributed by atoms with Crippen molar-refractivity contribution in [2.75, 3.05) is 24.7 Å². The summed E-state index contributed by atoms with van der Waals surface area (Å²) in [6, 6.07) is 13.1. The van der Waals surface area contributed by atoms with Crippen LogP contribution in [0.1, 0.15) is 29.7 Å². The summed E-state index contributed by atoms with van der Waals surface area (Å²) in [6.07, 6.45) is 7.14. The summed E-state index contributed by atoms with van der Waals surface area (Å²) in [5.74, 6) is -3.22. The number of anilines is 1. The number of hydrogen-bond donors (Lipinski definition) is 1. The van der Waals surface area contributed by atoms with E-state index >= 15 is 0 Å². The number of carbonyl (C=O) groups excluding carboxylic acids is 3. The number of fused-ring (bicyclic) bond motifs is 2. The summed E-state index contributed by atoms with van der Waals surface area (Å²) in [5, 5.41) is 10.6. The zero-order chi connectivity index (χ0) is 27.5. The van der Waals surface area contributed by atoms with Crippen molar-refractivity contribution in [2.24, 2.45) is 11.8 Å². The summed E-state index contributed by atoms with van der Waals surface area (Å²) in [5.41, 5.74) is 0.788. The van der Waals surface area contributed by atoms with Gasteiger partial charge in [-0.25, -0.2) is 0 Å². The number of cyclic esters (lactones) is 1. The zero-order valence-corrected chi connectivity index (χ0v) is 22.2. The number of aryl methyl sites for hydroxylation is 2. The third-order valence-electron chi connectivity index (χ3n) is 8.60. The number of ether oxygens (including phenoxy) is 2. The zero-order valence-electron chi connectivity index (χ0n) is 22.2. The minimum absolute atomic E-state index is 0.0911. The van der Waals surface area contributed by atoms with Gasteiger partial charge < -0.3 is 24.4 Å². The molecule has 1 unspecified atom stereocenters. The van der Waals surface area contributed by atoms with Crippen molar-refractivity contribution < 1.29 is 29.0 Å². The number of hydrogen-bond acceptors (Lipinski definition) is 6. The molecule has 1 N–H and O–H groups in total. The van der Waals surface area contributed by atoms with Gasteiger partial charge in [-0.1, -0.05) is 60.7 Å². The Bertz CT molecular complexity index is 1400. The van der Waals surface area contributed by atoms with E-state index in [1.165, 1.54) is 4.90 Å². The lowest BCUT2D eigenvalue weighted by molar-refractivity contribution is -0.157. The maximum Gasteiger partial charge on any atom is 0.313 e. The summed E-state index contributed by atoms with van der Waals surface area (Å²) < 4.78 is 12.2. The van der Waals surface area contributed by atoms with Gasteiger partial charge in [0, 0.05) is 12.2 Å². The fourth-order valence-electron chi connectivity index (χ4n) is 6.89. The molecule has 202 valence electrons. The van der Waals surface area contributed by atoms with E-state index in [9.17, 15) is 19.5 Å². The van der Waals surface area contributed by atoms with Crippen molar-refractivity contribution in [1.29, 1.82) is 0 Å². The van der Waals surface area contributed by atoms with Crippen molar-refractivity contribution in [3.63, 3.8) is 0 Å². The van der Waals surface area contributed by atoms with E-state index in [0.29, 0.717) is 5.56 Å². The molecule has 0 aromatic heterocycles. The predicted molar refractivity (Wildman–Crippen MR) is 144 cm³/mol. The van der Waals surface area contributed by atoms with Gasteiger partial charge in [-0.3, -0.25) is 14.4 Å². The molecule has 8 heteroatoms. The molecule has 8 nitrogen and oxygen atoms in total. The quantitative estimate of drug-likeness (QED) is 0.484. The SMILES string of the molecule is Cc1ccc(C)c(N2CC=C[C@]34O[C@@]5(C)C=CCOC(=O)[C@H]5[C@H]3C(=O)N([C@H](CO)c3ccccc3)C4C2=O)c1. The second kappa shape index (κ2) is 9.17. The molecule has 1 spiro atoms. The average molecular weight is 529 g/mol. The number of rotatable bonds is 4. The van der Waals surface area contributed by atoms with Crippen molar-refractivity contribution >= 4 is 23.5 Å². The molecule has 6 rings (SSSR count). The second-order valence-electron chi connectivity index (χ2n) is 11.0. The second-order valence-corrected chi connectivity index (χ2v) is 11.0. The van der Waals surface area contributed by atoms with Crippen molar-refractivity contribution in [3.8, 4) is 0 Å². The molecule has 4 aliphatic heterocycles. The first-order chi connectivity index (χ1) is 18.7. The largest absolute Gasteiger partial charge is 0.461 e. The Morgan fingerprint density at radius 3 is 2.51 bits per heavy atom. The molecular formula is C31H32N2O6. The number of aliphatic hydroxyl groups is 1. The molecule has 2 aromatic carbocycles. The molecule has 39 heavy (non-hydrogen) atoms. The van der Waals surface area contributed by atoms with Crippen LogP contribution in [0.15, 0.2) is 72.8 Å². The van der Waals surface area contributed by atoms with Crippen LogP contribution in [0.2, 0.25) is 0 Å². The Morgan fingerprint density at radius 1 is 1.00 bits per heavy atom. The van der Waals surface area contributed by atoms with Crippen LogP contribution in [0, 0.1) is 25.7 Å². The fraction of sp³-hybridized carbons (Fsp3) is 0.387. The van der Waals surface area contributed by atoms with Gasteiger partial charge in [0.05, 0.1) is 24.2 Å². The molecule has 2 saturated heterocycles. The highest BCUT2D eigenvalue weighted by atomic mass is 16.6. The minimum Gasteiger partial charge on any atom is -0.461 e. The van der Waals surface area contributed by atoms with E-state index in [4.69, 9.17) is 9.47 Å². The third-order valence-corrected chi connectivity index (χ3v) is 8.60. The van der Waals surface area contributed by atoms with Crippen LogP contribution in [0.3, 0.4) is 0 Å². The topological polar surface area (TPSA) is 96.4 Å². The number of benzene rings is 2. The summed E-state index contributed by atoms with van der Waals surface area (Å²) in [4.78, 5) is 45.6. The smallest absolute Gasteiger partial charge is 0.313 e. The monoisotopic (exact) mass is 528 g/mol. The van der Waals surface area contributed by atoms with Crippen LogP contribution in [-0.4, -0.2) is 64.8 Å². The lowest BCUT2D eigenvalue weighted by Crippen LogP contribution is -2.57. The lowest BCUT2D eigenvalue weighted by Gasteiger charge is -2.40. The number of amides is 2. The van der Waals surface area contributed by atoms with E-state index in [1.807, 2.05) is 68.5 Å². The van der Waals surface area contributed by atoms with E-state index in [0.717, 1.165) is 16.8 Å². The molecule has 4 aliphatic rings. The van der Waals surface area contributed by atoms with Crippen LogP contribution in [0.5, 0.6) is 0 Å². The first kappa shape index (κ1) is 25.5. The van der Waals surface area contributed by atoms with Crippen LogP contribution >= 0.6 is 0 Å². The van der Waals surface area contributed by atoms with Crippen molar-refractivity contribution in [3.05, 3.63) is 89.5 Å². The highest BCUT2D eigenvalue weighted by Crippen LogP contribution is 2.58. The Balaban J connectivity index is 1.56. The summed E-state index contributed by atoms with van der Waals surface area (Å²) in [7, 11) is 0. The Kier molecular flexibility index (Phi) is 6.00. The number of carbonyl (C=O) groups is 3. The first-order valence-electron chi connectivity index (χ1n) is 13.3. The summed E-state index contributed by atoms with van der Waals surface area (Å²) in [6.45, 7) is 5.65. The molecular weight excluding hydrogens is 496 g/mol. The molecule has 2 aromatic rings. The standard InChI is InChI=1S/C31H32N2O6/c1-19-11-12-20(2)22(17-19)32-15-7-14-31-24(25-29(37)38-16-8-13-30(25,3)39-31)27(35)33(26(31)28(32)36)23(18-34)21-9-5-4-6-10-21/h4-14,17,23-26,34H,15-16,18H2,1-3H3/t23-,24+,25-,26?,30+,31+/m1/s1. The maximum absolute atomic E-state index is 14.7. The Morgan fingerprint density at radius 2 is 1.77 bits per heavy atom. The van der Waals surface area contributed by atoms with Gasteiger partial charge in [0.2, 0.25) is 5.91 Å². The molecule has 4 heterocycles. The van der Waals surface area contributed by atoms with Crippen molar-refractivity contribution in [1.82, 2.24) is 4.90 Å². The van der Waals surface area contributed by atoms with E-state index in [1.54, 1.807) is 30.1 Å². The van der Waals surface area contributed by atoms with Gasteiger partial charge >= 0.3 is 5.97 Å². The predicted octanol–water partition coefficient (Wildman–Crippen LogP) is 3.02. The van der Waals surface area contributed by atoms with Crippen molar-refractivity contribution in [2.45, 2.75) is 44.1 Å². The Labute approximate surface area is 227 Å². The minimum atomic E-state index is -1.43. The van der Waals surface area contributed by atoms with Crippen LogP contribution in [-0.2, 0) is 23.9 Å². The highest BCUT2D eigenvalue weighted by molar-refractivity contribution is 6.06. The maximum atomic E-state index is 14.7. The Hall–Kier alpha value is -3.75. The third kappa shape index (κ3) is 3.69. The molecule has 2 amide bonds. The normalized spacial score (nSPS) is 32.3. The molecule has 0 aliphatic carbocycles. The fourth-order valence-corrected chi connectivity index (χ4v) is 6.89. The highest BCUT2D eigenvalue weighted by Gasteiger charge is 2.75. The number of aliphatic hydroxyl groups excluding tert-OH is 1. The van der Waals surface area contributed by atoms with Gasteiger partial charge in [-0.15, -0.1) is 0 Å². The van der Waals surface area contributed by atoms with Crippen LogP contribution < -0.4 is 4.90 Å². The summed E-state index contributed by atoms with van der Waals surface area (Å²) >= 11 is 0. The van der Waals surface area contributed by atoms with Gasteiger partial charge in [0.15, 0.2) is 0 Å². The van der Waals surface area contributed by atoms with Crippen LogP contribution in [0.25, 0.3) is 0 Å². The molecule has 6 atom stereocenters. The lowest BCUT2D eigenvalue weighted by atomic mass is 9.75. The van der Waals surface area contributed by atoms with Gasteiger partial charge in [-0.2, -0.15) is 0 Å². The average Bonchev–Trinajstić information content (AvgIpc) is 3.17. The molecule has 0 saturated carbocycles. The van der Waals surface area contributed by atoms with Gasteiger partial charge in [0.1, 0.15) is 24.2 Å².